The van der Waals surface area contributed by atoms with Crippen LogP contribution >= 0.6 is 0 Å². The molecule has 0 unspecified atom stereocenters. The average molecular weight is 329 g/mol. The first-order valence-corrected chi connectivity index (χ1v) is 10.4. The fraction of sp³-hybridized carbons (Fsp3) is 1.00. The smallest absolute Gasteiger partial charge is 0.225 e. The molecule has 0 radical (unpaired) electrons. The minimum Gasteiger partial charge on any atom is -0.308 e. The summed E-state index contributed by atoms with van der Waals surface area (Å²) >= 11 is 0. The summed E-state index contributed by atoms with van der Waals surface area (Å²) in [6, 6.07) is 0. The van der Waals surface area contributed by atoms with E-state index in [0.29, 0.717) is 13.0 Å². The van der Waals surface area contributed by atoms with Crippen LogP contribution < -0.4 is 4.13 Å². The van der Waals surface area contributed by atoms with E-state index < -0.39 is 20.0 Å². The van der Waals surface area contributed by atoms with Crippen molar-refractivity contribution in [2.45, 2.75) is 45.4 Å². The van der Waals surface area contributed by atoms with Crippen molar-refractivity contribution >= 4 is 20.0 Å². The molecule has 0 aliphatic carbocycles. The standard InChI is InChI=1S/C12H28N2O4S2/c1-4-5-6-7-8-9-11-19(15,16)13-20(17,18)12-10-14(2)3/h13H,4-12H2,1-3H3. The van der Waals surface area contributed by atoms with Gasteiger partial charge in [0, 0.05) is 6.54 Å². The van der Waals surface area contributed by atoms with Crippen molar-refractivity contribution in [2.24, 2.45) is 0 Å². The summed E-state index contributed by atoms with van der Waals surface area (Å²) in [5.41, 5.74) is 0. The Bertz CT molecular complexity index is 444. The van der Waals surface area contributed by atoms with Gasteiger partial charge in [-0.15, -0.1) is 4.13 Å². The highest BCUT2D eigenvalue weighted by molar-refractivity contribution is 8.04. The first-order valence-electron chi connectivity index (χ1n) is 7.07. The van der Waals surface area contributed by atoms with Gasteiger partial charge in [0.2, 0.25) is 20.0 Å². The van der Waals surface area contributed by atoms with E-state index in [1.54, 1.807) is 19.0 Å². The number of hydrogen-bond donors (Lipinski definition) is 1. The van der Waals surface area contributed by atoms with Crippen LogP contribution in [-0.2, 0) is 20.0 Å². The number of sulfonamides is 2. The monoisotopic (exact) mass is 328 g/mol. The van der Waals surface area contributed by atoms with E-state index >= 15 is 0 Å². The molecule has 0 bridgehead atoms. The lowest BCUT2D eigenvalue weighted by atomic mass is 10.1. The number of unbranched alkanes of at least 4 members (excludes halogenated alkanes) is 5. The van der Waals surface area contributed by atoms with Crippen LogP contribution in [0.25, 0.3) is 0 Å². The molecule has 6 nitrogen and oxygen atoms in total. The summed E-state index contributed by atoms with van der Waals surface area (Å²) in [4.78, 5) is 1.69. The predicted molar refractivity (Wildman–Crippen MR) is 82.6 cm³/mol. The molecular formula is C12H28N2O4S2. The summed E-state index contributed by atoms with van der Waals surface area (Å²) in [5, 5.41) is 0. The van der Waals surface area contributed by atoms with E-state index in [0.717, 1.165) is 32.1 Å². The second-order valence-corrected chi connectivity index (χ2v) is 9.23. The molecule has 8 heteroatoms. The van der Waals surface area contributed by atoms with E-state index in [2.05, 4.69) is 6.92 Å². The van der Waals surface area contributed by atoms with Crippen LogP contribution in [0.2, 0.25) is 0 Å². The number of hydrogen-bond acceptors (Lipinski definition) is 5. The van der Waals surface area contributed by atoms with Crippen LogP contribution in [0.1, 0.15) is 45.4 Å². The van der Waals surface area contributed by atoms with Gasteiger partial charge in [-0.3, -0.25) is 0 Å². The van der Waals surface area contributed by atoms with Crippen molar-refractivity contribution in [1.29, 1.82) is 0 Å². The van der Waals surface area contributed by atoms with Gasteiger partial charge < -0.3 is 4.90 Å². The molecule has 0 rings (SSSR count). The Morgan fingerprint density at radius 1 is 0.800 bits per heavy atom. The summed E-state index contributed by atoms with van der Waals surface area (Å²) in [7, 11) is -4.03. The van der Waals surface area contributed by atoms with E-state index in [1.165, 1.54) is 0 Å². The molecule has 0 aromatic carbocycles. The minimum absolute atomic E-state index is 0.125. The Hall–Kier alpha value is -0.180. The van der Waals surface area contributed by atoms with Crippen molar-refractivity contribution < 1.29 is 16.8 Å². The molecule has 0 saturated heterocycles. The third-order valence-electron chi connectivity index (χ3n) is 2.83. The van der Waals surface area contributed by atoms with Crippen LogP contribution in [0.4, 0.5) is 0 Å². The Labute approximate surface area is 124 Å². The van der Waals surface area contributed by atoms with Crippen LogP contribution in [0, 0.1) is 0 Å². The second kappa shape index (κ2) is 9.70. The van der Waals surface area contributed by atoms with Crippen LogP contribution in [0.15, 0.2) is 0 Å². The number of nitrogens with zero attached hydrogens (tertiary/aromatic N) is 1. The van der Waals surface area contributed by atoms with Gasteiger partial charge in [-0.05, 0) is 20.5 Å². The topological polar surface area (TPSA) is 83.5 Å². The highest BCUT2D eigenvalue weighted by Gasteiger charge is 2.20. The fourth-order valence-electron chi connectivity index (χ4n) is 1.65. The third kappa shape index (κ3) is 11.6. The molecule has 20 heavy (non-hydrogen) atoms. The maximum atomic E-state index is 11.7. The lowest BCUT2D eigenvalue weighted by Crippen LogP contribution is -2.37. The van der Waals surface area contributed by atoms with Gasteiger partial charge in [-0.25, -0.2) is 16.8 Å². The first-order chi connectivity index (χ1) is 9.18. The second-order valence-electron chi connectivity index (χ2n) is 5.29. The quantitative estimate of drug-likeness (QED) is 0.544. The number of nitrogens with one attached hydrogen (secondary N) is 1. The molecule has 0 atom stereocenters. The third-order valence-corrected chi connectivity index (χ3v) is 6.41. The zero-order valence-corrected chi connectivity index (χ0v) is 14.4. The van der Waals surface area contributed by atoms with Gasteiger partial charge in [-0.2, -0.15) is 0 Å². The maximum Gasteiger partial charge on any atom is 0.225 e. The van der Waals surface area contributed by atoms with E-state index in [-0.39, 0.29) is 11.5 Å². The summed E-state index contributed by atoms with van der Waals surface area (Å²) < 4.78 is 48.4. The van der Waals surface area contributed by atoms with Crippen LogP contribution in [-0.4, -0.2) is 53.9 Å². The SMILES string of the molecule is CCCCCCCCS(=O)(=O)NS(=O)(=O)CCN(C)C. The molecule has 1 N–H and O–H groups in total. The minimum atomic E-state index is -3.77. The Morgan fingerprint density at radius 2 is 1.30 bits per heavy atom. The molecule has 0 saturated carbocycles. The van der Waals surface area contributed by atoms with Gasteiger partial charge in [0.15, 0.2) is 0 Å². The van der Waals surface area contributed by atoms with Gasteiger partial charge in [0.25, 0.3) is 0 Å². The normalized spacial score (nSPS) is 13.0. The van der Waals surface area contributed by atoms with Crippen LogP contribution in [0.5, 0.6) is 0 Å². The summed E-state index contributed by atoms with van der Waals surface area (Å²) in [6.45, 7) is 2.41. The molecule has 0 aliphatic rings. The molecule has 0 fully saturated rings. The fourth-order valence-corrected chi connectivity index (χ4v) is 5.06. The van der Waals surface area contributed by atoms with Crippen molar-refractivity contribution in [3.8, 4) is 0 Å². The molecular weight excluding hydrogens is 300 g/mol. The largest absolute Gasteiger partial charge is 0.308 e. The van der Waals surface area contributed by atoms with E-state index in [1.807, 2.05) is 4.13 Å². The van der Waals surface area contributed by atoms with Crippen LogP contribution in [0.3, 0.4) is 0 Å². The van der Waals surface area contributed by atoms with Gasteiger partial charge >= 0.3 is 0 Å². The number of rotatable bonds is 12. The van der Waals surface area contributed by atoms with Gasteiger partial charge in [0.05, 0.1) is 11.5 Å². The molecule has 0 spiro atoms. The lowest BCUT2D eigenvalue weighted by molar-refractivity contribution is 0.432. The Morgan fingerprint density at radius 3 is 1.85 bits per heavy atom. The zero-order chi connectivity index (χ0) is 15.6. The van der Waals surface area contributed by atoms with Crippen molar-refractivity contribution in [3.05, 3.63) is 0 Å². The Balaban J connectivity index is 4.05. The van der Waals surface area contributed by atoms with E-state index in [4.69, 9.17) is 0 Å². The molecule has 122 valence electrons. The molecule has 0 aromatic rings. The van der Waals surface area contributed by atoms with Gasteiger partial charge in [-0.1, -0.05) is 39.0 Å². The highest BCUT2D eigenvalue weighted by Crippen LogP contribution is 2.06. The molecule has 0 heterocycles. The summed E-state index contributed by atoms with van der Waals surface area (Å²) in [6.07, 6.45) is 5.72. The predicted octanol–water partition coefficient (Wildman–Crippen LogP) is 1.16. The maximum absolute atomic E-state index is 11.7. The molecule has 0 aliphatic heterocycles. The van der Waals surface area contributed by atoms with Crippen molar-refractivity contribution in [3.63, 3.8) is 0 Å². The Kier molecular flexibility index (Phi) is 9.61. The highest BCUT2D eigenvalue weighted by atomic mass is 32.3. The zero-order valence-electron chi connectivity index (χ0n) is 12.8. The van der Waals surface area contributed by atoms with E-state index in [9.17, 15) is 16.8 Å². The summed E-state index contributed by atoms with van der Waals surface area (Å²) in [5.74, 6) is -0.337. The molecule has 0 aromatic heterocycles. The van der Waals surface area contributed by atoms with Crippen molar-refractivity contribution in [2.75, 3.05) is 32.1 Å². The first kappa shape index (κ1) is 19.8. The van der Waals surface area contributed by atoms with Crippen molar-refractivity contribution in [1.82, 2.24) is 9.03 Å². The van der Waals surface area contributed by atoms with Gasteiger partial charge in [0.1, 0.15) is 0 Å². The lowest BCUT2D eigenvalue weighted by Gasteiger charge is -2.11. The average Bonchev–Trinajstić information content (AvgIpc) is 2.30. The molecule has 0 amide bonds.